The van der Waals surface area contributed by atoms with E-state index in [4.69, 9.17) is 9.84 Å². The van der Waals surface area contributed by atoms with Crippen LogP contribution < -0.4 is 4.74 Å². The van der Waals surface area contributed by atoms with E-state index in [9.17, 15) is 8.78 Å². The van der Waals surface area contributed by atoms with Crippen LogP contribution in [0.3, 0.4) is 0 Å². The number of rotatable bonds is 3. The Morgan fingerprint density at radius 2 is 1.86 bits per heavy atom. The molecule has 1 rings (SSSR count). The molecule has 0 radical (unpaired) electrons. The van der Waals surface area contributed by atoms with Crippen LogP contribution in [-0.4, -0.2) is 17.3 Å². The molecule has 1 N–H and O–H groups in total. The minimum absolute atomic E-state index is 0.206. The highest BCUT2D eigenvalue weighted by Gasteiger charge is 2.11. The van der Waals surface area contributed by atoms with Gasteiger partial charge >= 0.3 is 0 Å². The van der Waals surface area contributed by atoms with Crippen LogP contribution in [0.1, 0.15) is 13.8 Å². The number of hydrogen-bond donors (Lipinski definition) is 1. The Morgan fingerprint density at radius 3 is 2.36 bits per heavy atom. The molecule has 0 aromatic heterocycles. The van der Waals surface area contributed by atoms with E-state index in [1.165, 1.54) is 6.07 Å². The summed E-state index contributed by atoms with van der Waals surface area (Å²) in [5, 5.41) is 9.11. The maximum Gasteiger partial charge on any atom is 0.162 e. The first-order valence-corrected chi connectivity index (χ1v) is 4.30. The van der Waals surface area contributed by atoms with E-state index in [1.807, 2.05) is 0 Å². The predicted molar refractivity (Wildman–Crippen MR) is 48.1 cm³/mol. The van der Waals surface area contributed by atoms with E-state index in [0.717, 1.165) is 12.1 Å². The van der Waals surface area contributed by atoms with Crippen molar-refractivity contribution in [2.75, 3.05) is 0 Å². The summed E-state index contributed by atoms with van der Waals surface area (Å²) in [6.07, 6.45) is -1.12. The van der Waals surface area contributed by atoms with Crippen LogP contribution in [0, 0.1) is 11.6 Å². The number of aliphatic hydroxyl groups is 1. The van der Waals surface area contributed by atoms with E-state index in [1.54, 1.807) is 13.8 Å². The van der Waals surface area contributed by atoms with Crippen molar-refractivity contribution in [1.29, 1.82) is 0 Å². The number of halogens is 2. The molecule has 2 unspecified atom stereocenters. The molecule has 0 spiro atoms. The summed E-state index contributed by atoms with van der Waals surface area (Å²) < 4.78 is 30.4. The second-order valence-corrected chi connectivity index (χ2v) is 3.14. The first-order chi connectivity index (χ1) is 6.50. The molecule has 4 heteroatoms. The molecule has 0 heterocycles. The first kappa shape index (κ1) is 10.9. The lowest BCUT2D eigenvalue weighted by Crippen LogP contribution is -2.25. The summed E-state index contributed by atoms with van der Waals surface area (Å²) >= 11 is 0. The fraction of sp³-hybridized carbons (Fsp3) is 0.400. The van der Waals surface area contributed by atoms with Gasteiger partial charge < -0.3 is 9.84 Å². The molecule has 0 saturated carbocycles. The Hall–Kier alpha value is -1.16. The quantitative estimate of drug-likeness (QED) is 0.813. The summed E-state index contributed by atoms with van der Waals surface area (Å²) in [5.74, 6) is -1.67. The summed E-state index contributed by atoms with van der Waals surface area (Å²) in [5.41, 5.74) is 0. The lowest BCUT2D eigenvalue weighted by atomic mass is 10.2. The first-order valence-electron chi connectivity index (χ1n) is 4.30. The summed E-state index contributed by atoms with van der Waals surface area (Å²) in [6, 6.07) is 3.25. The molecule has 0 bridgehead atoms. The molecule has 78 valence electrons. The lowest BCUT2D eigenvalue weighted by Gasteiger charge is -2.17. The van der Waals surface area contributed by atoms with E-state index in [0.29, 0.717) is 0 Å². The molecule has 14 heavy (non-hydrogen) atoms. The third kappa shape index (κ3) is 2.67. The highest BCUT2D eigenvalue weighted by Crippen LogP contribution is 2.17. The zero-order chi connectivity index (χ0) is 10.7. The maximum absolute atomic E-state index is 12.7. The van der Waals surface area contributed by atoms with Crippen molar-refractivity contribution < 1.29 is 18.6 Å². The molecule has 1 aromatic rings. The maximum atomic E-state index is 12.7. The molecule has 0 amide bonds. The van der Waals surface area contributed by atoms with Gasteiger partial charge in [0.2, 0.25) is 0 Å². The summed E-state index contributed by atoms with van der Waals surface area (Å²) in [4.78, 5) is 0. The second kappa shape index (κ2) is 4.37. The lowest BCUT2D eigenvalue weighted by molar-refractivity contribution is 0.0601. The Morgan fingerprint density at radius 1 is 1.21 bits per heavy atom. The highest BCUT2D eigenvalue weighted by molar-refractivity contribution is 5.23. The van der Waals surface area contributed by atoms with E-state index in [2.05, 4.69) is 0 Å². The molecule has 0 aliphatic carbocycles. The van der Waals surface area contributed by atoms with Crippen LogP contribution in [0.4, 0.5) is 8.78 Å². The Bertz CT molecular complexity index is 313. The third-order valence-electron chi connectivity index (χ3n) is 1.89. The fourth-order valence-electron chi connectivity index (χ4n) is 0.863. The molecular weight excluding hydrogens is 190 g/mol. The fourth-order valence-corrected chi connectivity index (χ4v) is 0.863. The van der Waals surface area contributed by atoms with Crippen molar-refractivity contribution in [2.24, 2.45) is 0 Å². The van der Waals surface area contributed by atoms with Crippen LogP contribution in [0.25, 0.3) is 0 Å². The SMILES string of the molecule is CC(O)C(C)Oc1ccc(F)c(F)c1. The molecule has 0 aliphatic heterocycles. The number of hydrogen-bond acceptors (Lipinski definition) is 2. The zero-order valence-corrected chi connectivity index (χ0v) is 8.00. The largest absolute Gasteiger partial charge is 0.488 e. The van der Waals surface area contributed by atoms with Gasteiger partial charge in [0.1, 0.15) is 11.9 Å². The Balaban J connectivity index is 2.73. The van der Waals surface area contributed by atoms with Crippen LogP contribution in [0.15, 0.2) is 18.2 Å². The van der Waals surface area contributed by atoms with Gasteiger partial charge in [-0.2, -0.15) is 0 Å². The summed E-state index contributed by atoms with van der Waals surface area (Å²) in [6.45, 7) is 3.20. The Labute approximate surface area is 81.1 Å². The summed E-state index contributed by atoms with van der Waals surface area (Å²) in [7, 11) is 0. The van der Waals surface area contributed by atoms with Gasteiger partial charge in [0.05, 0.1) is 6.10 Å². The van der Waals surface area contributed by atoms with E-state index < -0.39 is 23.8 Å². The van der Waals surface area contributed by atoms with Gasteiger partial charge in [-0.15, -0.1) is 0 Å². The van der Waals surface area contributed by atoms with E-state index >= 15 is 0 Å². The van der Waals surface area contributed by atoms with E-state index in [-0.39, 0.29) is 5.75 Å². The van der Waals surface area contributed by atoms with Crippen LogP contribution in [0.5, 0.6) is 5.75 Å². The van der Waals surface area contributed by atoms with Crippen molar-refractivity contribution in [2.45, 2.75) is 26.1 Å². The molecule has 2 atom stereocenters. The van der Waals surface area contributed by atoms with Gasteiger partial charge in [0.25, 0.3) is 0 Å². The van der Waals surface area contributed by atoms with Crippen LogP contribution in [0.2, 0.25) is 0 Å². The Kier molecular flexibility index (Phi) is 3.41. The van der Waals surface area contributed by atoms with Crippen molar-refractivity contribution >= 4 is 0 Å². The van der Waals surface area contributed by atoms with Crippen molar-refractivity contribution in [3.8, 4) is 5.75 Å². The van der Waals surface area contributed by atoms with Crippen molar-refractivity contribution in [3.63, 3.8) is 0 Å². The minimum Gasteiger partial charge on any atom is -0.488 e. The van der Waals surface area contributed by atoms with Gasteiger partial charge in [-0.1, -0.05) is 0 Å². The van der Waals surface area contributed by atoms with Crippen LogP contribution in [-0.2, 0) is 0 Å². The third-order valence-corrected chi connectivity index (χ3v) is 1.89. The normalized spacial score (nSPS) is 14.9. The average molecular weight is 202 g/mol. The average Bonchev–Trinajstić information content (AvgIpc) is 2.11. The molecule has 0 saturated heterocycles. The van der Waals surface area contributed by atoms with Gasteiger partial charge in [0.15, 0.2) is 11.6 Å². The van der Waals surface area contributed by atoms with Crippen molar-refractivity contribution in [1.82, 2.24) is 0 Å². The monoisotopic (exact) mass is 202 g/mol. The topological polar surface area (TPSA) is 29.5 Å². The molecule has 2 nitrogen and oxygen atoms in total. The van der Waals surface area contributed by atoms with Crippen LogP contribution >= 0.6 is 0 Å². The minimum atomic E-state index is -0.958. The van der Waals surface area contributed by atoms with Gasteiger partial charge in [-0.05, 0) is 26.0 Å². The number of ether oxygens (including phenoxy) is 1. The van der Waals surface area contributed by atoms with Crippen molar-refractivity contribution in [3.05, 3.63) is 29.8 Å². The molecule has 0 fully saturated rings. The van der Waals surface area contributed by atoms with Gasteiger partial charge in [-0.25, -0.2) is 8.78 Å². The zero-order valence-electron chi connectivity index (χ0n) is 8.00. The molecule has 0 aliphatic rings. The number of benzene rings is 1. The van der Waals surface area contributed by atoms with Gasteiger partial charge in [-0.3, -0.25) is 0 Å². The molecular formula is C10H12F2O2. The smallest absolute Gasteiger partial charge is 0.162 e. The highest BCUT2D eigenvalue weighted by atomic mass is 19.2. The second-order valence-electron chi connectivity index (χ2n) is 3.14. The standard InChI is InChI=1S/C10H12F2O2/c1-6(13)7(2)14-8-3-4-9(11)10(12)5-8/h3-7,13H,1-2H3. The number of aliphatic hydroxyl groups excluding tert-OH is 1. The van der Waals surface area contributed by atoms with Gasteiger partial charge in [0, 0.05) is 6.07 Å². The predicted octanol–water partition coefficient (Wildman–Crippen LogP) is 2.11. The molecule has 1 aromatic carbocycles.